The molecule has 0 aromatic carbocycles. The average Bonchev–Trinajstić information content (AvgIpc) is 2.60. The van der Waals surface area contributed by atoms with Gasteiger partial charge in [0.2, 0.25) is 5.91 Å². The minimum atomic E-state index is -0.632. The van der Waals surface area contributed by atoms with Crippen LogP contribution < -0.4 is 5.32 Å². The predicted molar refractivity (Wildman–Crippen MR) is 101 cm³/mol. The molecule has 0 aromatic heterocycles. The van der Waals surface area contributed by atoms with E-state index < -0.39 is 5.54 Å². The van der Waals surface area contributed by atoms with Gasteiger partial charge in [-0.2, -0.15) is 0 Å². The van der Waals surface area contributed by atoms with Crippen molar-refractivity contribution in [1.82, 2.24) is 10.2 Å². The number of esters is 1. The zero-order chi connectivity index (χ0) is 19.2. The van der Waals surface area contributed by atoms with Crippen LogP contribution >= 0.6 is 0 Å². The topological polar surface area (TPSA) is 67.9 Å². The van der Waals surface area contributed by atoms with Crippen molar-refractivity contribution in [2.24, 2.45) is 5.92 Å². The molecule has 0 unspecified atom stereocenters. The lowest BCUT2D eigenvalue weighted by molar-refractivity contribution is -0.152. The first kappa shape index (κ1) is 20.7. The number of carbonyl (C=O) groups excluding carboxylic acids is 2. The molecule has 148 valence electrons. The normalized spacial score (nSPS) is 20.6. The van der Waals surface area contributed by atoms with Crippen molar-refractivity contribution in [2.75, 3.05) is 33.9 Å². The van der Waals surface area contributed by atoms with Gasteiger partial charge in [0.15, 0.2) is 0 Å². The maximum atomic E-state index is 12.9. The molecule has 0 atom stereocenters. The summed E-state index contributed by atoms with van der Waals surface area (Å²) in [6.45, 7) is 5.71. The molecule has 2 fully saturated rings. The molecule has 2 aliphatic rings. The van der Waals surface area contributed by atoms with Crippen molar-refractivity contribution < 1.29 is 19.1 Å². The highest BCUT2D eigenvalue weighted by Gasteiger charge is 2.43. The Hall–Kier alpha value is -1.56. The lowest BCUT2D eigenvalue weighted by atomic mass is 9.89. The average molecular weight is 367 g/mol. The number of nitrogens with one attached hydrogen (secondary N) is 1. The molecular weight excluding hydrogens is 332 g/mol. The molecule has 0 aromatic rings. The third kappa shape index (κ3) is 5.22. The molecule has 0 bridgehead atoms. The summed E-state index contributed by atoms with van der Waals surface area (Å²) in [6.07, 6.45) is 7.35. The SMILES string of the molecule is CCC(C(=O)NC1(CC(=O)OC)COC1)=C(C)N(C)CC1CCCCC1. The van der Waals surface area contributed by atoms with Crippen molar-refractivity contribution in [3.63, 3.8) is 0 Å². The van der Waals surface area contributed by atoms with Crippen LogP contribution in [0.1, 0.15) is 58.8 Å². The molecule has 1 saturated carbocycles. The minimum absolute atomic E-state index is 0.104. The first-order valence-electron chi connectivity index (χ1n) is 9.78. The Kier molecular flexibility index (Phi) is 7.50. The van der Waals surface area contributed by atoms with Gasteiger partial charge in [-0.05, 0) is 32.1 Å². The van der Waals surface area contributed by atoms with E-state index in [1.165, 1.54) is 39.2 Å². The summed E-state index contributed by atoms with van der Waals surface area (Å²) in [6, 6.07) is 0. The molecule has 1 aliphatic heterocycles. The lowest BCUT2D eigenvalue weighted by Gasteiger charge is -2.41. The van der Waals surface area contributed by atoms with Gasteiger partial charge >= 0.3 is 5.97 Å². The van der Waals surface area contributed by atoms with Gasteiger partial charge in [-0.15, -0.1) is 0 Å². The molecule has 6 heteroatoms. The zero-order valence-corrected chi connectivity index (χ0v) is 16.7. The molecule has 1 aliphatic carbocycles. The van der Waals surface area contributed by atoms with Crippen molar-refractivity contribution >= 4 is 11.9 Å². The minimum Gasteiger partial charge on any atom is -0.469 e. The number of ether oxygens (including phenoxy) is 2. The third-order valence-electron chi connectivity index (χ3n) is 5.74. The summed E-state index contributed by atoms with van der Waals surface area (Å²) in [5.74, 6) is 0.282. The summed E-state index contributed by atoms with van der Waals surface area (Å²) in [4.78, 5) is 26.8. The Morgan fingerprint density at radius 3 is 2.38 bits per heavy atom. The smallest absolute Gasteiger partial charge is 0.308 e. The standard InChI is InChI=1S/C20H34N2O4/c1-5-17(15(2)22(3)12-16-9-7-6-8-10-16)19(24)21-20(13-26-14-20)11-18(23)25-4/h16H,5-14H2,1-4H3,(H,21,24). The van der Waals surface area contributed by atoms with Crippen molar-refractivity contribution in [3.05, 3.63) is 11.3 Å². The van der Waals surface area contributed by atoms with E-state index in [0.717, 1.165) is 23.7 Å². The third-order valence-corrected chi connectivity index (χ3v) is 5.74. The number of hydrogen-bond acceptors (Lipinski definition) is 5. The number of hydrogen-bond donors (Lipinski definition) is 1. The fourth-order valence-electron chi connectivity index (χ4n) is 3.94. The summed E-state index contributed by atoms with van der Waals surface area (Å²) in [5.41, 5.74) is 1.16. The summed E-state index contributed by atoms with van der Waals surface area (Å²) < 4.78 is 10.0. The Labute approximate surface area is 157 Å². The van der Waals surface area contributed by atoms with Crippen LogP contribution in [-0.4, -0.2) is 56.2 Å². The zero-order valence-electron chi connectivity index (χ0n) is 16.7. The first-order valence-corrected chi connectivity index (χ1v) is 9.78. The molecule has 1 saturated heterocycles. The van der Waals surface area contributed by atoms with Gasteiger partial charge < -0.3 is 19.7 Å². The number of amides is 1. The summed E-state index contributed by atoms with van der Waals surface area (Å²) in [5, 5.41) is 3.04. The van der Waals surface area contributed by atoms with E-state index in [-0.39, 0.29) is 18.3 Å². The predicted octanol–water partition coefficient (Wildman–Crippen LogP) is 2.63. The molecule has 1 N–H and O–H groups in total. The van der Waals surface area contributed by atoms with Gasteiger partial charge in [0.25, 0.3) is 0 Å². The van der Waals surface area contributed by atoms with Gasteiger partial charge in [0, 0.05) is 24.9 Å². The van der Waals surface area contributed by atoms with Crippen LogP contribution in [0.3, 0.4) is 0 Å². The maximum absolute atomic E-state index is 12.9. The monoisotopic (exact) mass is 366 g/mol. The van der Waals surface area contributed by atoms with Gasteiger partial charge in [-0.25, -0.2) is 0 Å². The van der Waals surface area contributed by atoms with Crippen LogP contribution in [0, 0.1) is 5.92 Å². The van der Waals surface area contributed by atoms with Crippen LogP contribution in [0.4, 0.5) is 0 Å². The molecule has 0 radical (unpaired) electrons. The molecule has 26 heavy (non-hydrogen) atoms. The second-order valence-electron chi connectivity index (χ2n) is 7.78. The Morgan fingerprint density at radius 1 is 1.23 bits per heavy atom. The van der Waals surface area contributed by atoms with Gasteiger partial charge in [0.1, 0.15) is 0 Å². The van der Waals surface area contributed by atoms with Crippen LogP contribution in [0.25, 0.3) is 0 Å². The first-order chi connectivity index (χ1) is 12.4. The van der Waals surface area contributed by atoms with E-state index in [0.29, 0.717) is 19.6 Å². The maximum Gasteiger partial charge on any atom is 0.308 e. The van der Waals surface area contributed by atoms with Gasteiger partial charge in [-0.1, -0.05) is 26.2 Å². The molecule has 1 heterocycles. The Balaban J connectivity index is 2.02. The lowest BCUT2D eigenvalue weighted by Crippen LogP contribution is -2.63. The highest BCUT2D eigenvalue weighted by Crippen LogP contribution is 2.27. The molecule has 6 nitrogen and oxygen atoms in total. The molecular formula is C20H34N2O4. The number of methoxy groups -OCH3 is 1. The van der Waals surface area contributed by atoms with Crippen LogP contribution in [0.2, 0.25) is 0 Å². The number of allylic oxidation sites excluding steroid dienone is 1. The van der Waals surface area contributed by atoms with Crippen LogP contribution in [0.15, 0.2) is 11.3 Å². The second kappa shape index (κ2) is 9.40. The van der Waals surface area contributed by atoms with Crippen molar-refractivity contribution in [2.45, 2.75) is 64.3 Å². The molecule has 2 rings (SSSR count). The number of nitrogens with zero attached hydrogens (tertiary/aromatic N) is 1. The van der Waals surface area contributed by atoms with Crippen molar-refractivity contribution in [3.8, 4) is 0 Å². The molecule has 0 spiro atoms. The fourth-order valence-corrected chi connectivity index (χ4v) is 3.94. The van der Waals surface area contributed by atoms with Crippen LogP contribution in [0.5, 0.6) is 0 Å². The van der Waals surface area contributed by atoms with E-state index in [4.69, 9.17) is 9.47 Å². The van der Waals surface area contributed by atoms with Gasteiger partial charge in [0.05, 0.1) is 32.3 Å². The molecule has 1 amide bonds. The van der Waals surface area contributed by atoms with E-state index in [1.54, 1.807) is 0 Å². The summed E-state index contributed by atoms with van der Waals surface area (Å²) in [7, 11) is 3.43. The largest absolute Gasteiger partial charge is 0.469 e. The highest BCUT2D eigenvalue weighted by atomic mass is 16.5. The van der Waals surface area contributed by atoms with Crippen molar-refractivity contribution in [1.29, 1.82) is 0 Å². The van der Waals surface area contributed by atoms with E-state index in [9.17, 15) is 9.59 Å². The van der Waals surface area contributed by atoms with E-state index in [2.05, 4.69) is 17.3 Å². The van der Waals surface area contributed by atoms with Gasteiger partial charge in [-0.3, -0.25) is 9.59 Å². The quantitative estimate of drug-likeness (QED) is 0.528. The Morgan fingerprint density at radius 2 is 1.88 bits per heavy atom. The van der Waals surface area contributed by atoms with Crippen LogP contribution in [-0.2, 0) is 19.1 Å². The highest BCUT2D eigenvalue weighted by molar-refractivity contribution is 5.95. The Bertz CT molecular complexity index is 534. The van der Waals surface area contributed by atoms with E-state index in [1.807, 2.05) is 13.8 Å². The fraction of sp³-hybridized carbons (Fsp3) is 0.800. The second-order valence-corrected chi connectivity index (χ2v) is 7.78. The number of rotatable bonds is 8. The van der Waals surface area contributed by atoms with E-state index >= 15 is 0 Å². The summed E-state index contributed by atoms with van der Waals surface area (Å²) >= 11 is 0. The number of carbonyl (C=O) groups is 2.